The van der Waals surface area contributed by atoms with Gasteiger partial charge in [-0.3, -0.25) is 24.5 Å². The summed E-state index contributed by atoms with van der Waals surface area (Å²) in [7, 11) is 1.64. The lowest BCUT2D eigenvalue weighted by atomic mass is 9.75. The van der Waals surface area contributed by atoms with Crippen molar-refractivity contribution in [3.05, 3.63) is 78.9 Å². The molecule has 2 amide bonds. The van der Waals surface area contributed by atoms with Crippen LogP contribution in [-0.2, 0) is 15.0 Å². The number of nitrogens with one attached hydrogen (secondary N) is 2. The second-order valence-electron chi connectivity index (χ2n) is 8.05. The third-order valence-electron chi connectivity index (χ3n) is 5.76. The summed E-state index contributed by atoms with van der Waals surface area (Å²) in [5.74, 6) is 1.09. The number of likely N-dealkylation sites (tertiary alicyclic amines) is 1. The first kappa shape index (κ1) is 22.4. The van der Waals surface area contributed by atoms with Gasteiger partial charge in [-0.15, -0.1) is 0 Å². The third-order valence-corrected chi connectivity index (χ3v) is 5.76. The van der Waals surface area contributed by atoms with Crippen LogP contribution in [-0.4, -0.2) is 53.4 Å². The molecule has 8 heteroatoms. The van der Waals surface area contributed by atoms with Crippen molar-refractivity contribution in [2.24, 2.45) is 0 Å². The fourth-order valence-corrected chi connectivity index (χ4v) is 4.23. The Balaban J connectivity index is 1.38. The highest BCUT2D eigenvalue weighted by atomic mass is 16.5. The van der Waals surface area contributed by atoms with Gasteiger partial charge in [0.15, 0.2) is 0 Å². The Bertz CT molecular complexity index is 1080. The number of aromatic nitrogens is 2. The van der Waals surface area contributed by atoms with Crippen molar-refractivity contribution in [1.82, 2.24) is 20.2 Å². The van der Waals surface area contributed by atoms with Gasteiger partial charge in [-0.05, 0) is 67.9 Å². The summed E-state index contributed by atoms with van der Waals surface area (Å²) in [5.41, 5.74) is 0.649. The Morgan fingerprint density at radius 2 is 1.91 bits per heavy atom. The number of benzene rings is 1. The molecular formula is C25H27N5O3. The van der Waals surface area contributed by atoms with Crippen molar-refractivity contribution in [2.75, 3.05) is 32.0 Å². The lowest BCUT2D eigenvalue weighted by molar-refractivity contribution is -0.130. The molecule has 8 nitrogen and oxygen atoms in total. The van der Waals surface area contributed by atoms with E-state index in [0.29, 0.717) is 30.2 Å². The van der Waals surface area contributed by atoms with Crippen LogP contribution in [0.15, 0.2) is 73.2 Å². The van der Waals surface area contributed by atoms with Crippen LogP contribution in [0.1, 0.15) is 18.5 Å². The first-order chi connectivity index (χ1) is 16.1. The van der Waals surface area contributed by atoms with E-state index < -0.39 is 5.41 Å². The molecule has 4 rings (SSSR count). The van der Waals surface area contributed by atoms with Gasteiger partial charge in [0.25, 0.3) is 0 Å². The number of hydrogen-bond acceptors (Lipinski definition) is 6. The molecule has 1 aliphatic rings. The number of rotatable bonds is 7. The number of hydrogen-bond donors (Lipinski definition) is 2. The topological polar surface area (TPSA) is 96.5 Å². The highest BCUT2D eigenvalue weighted by molar-refractivity contribution is 5.92. The fraction of sp³-hybridized carbons (Fsp3) is 0.280. The second-order valence-corrected chi connectivity index (χ2v) is 8.05. The van der Waals surface area contributed by atoms with Gasteiger partial charge in [-0.2, -0.15) is 0 Å². The van der Waals surface area contributed by atoms with Gasteiger partial charge in [0.05, 0.1) is 18.4 Å². The molecule has 170 valence electrons. The van der Waals surface area contributed by atoms with Gasteiger partial charge in [0, 0.05) is 31.7 Å². The number of amides is 2. The number of pyridine rings is 2. The highest BCUT2D eigenvalue weighted by Crippen LogP contribution is 2.33. The van der Waals surface area contributed by atoms with E-state index in [4.69, 9.17) is 4.74 Å². The quantitative estimate of drug-likeness (QED) is 0.580. The zero-order chi connectivity index (χ0) is 23.1. The van der Waals surface area contributed by atoms with Crippen molar-refractivity contribution in [1.29, 1.82) is 0 Å². The molecule has 0 bridgehead atoms. The van der Waals surface area contributed by atoms with Gasteiger partial charge in [0.1, 0.15) is 16.9 Å². The van der Waals surface area contributed by atoms with Crippen molar-refractivity contribution in [3.63, 3.8) is 0 Å². The van der Waals surface area contributed by atoms with Crippen LogP contribution < -0.4 is 15.4 Å². The van der Waals surface area contributed by atoms with Crippen LogP contribution >= 0.6 is 0 Å². The van der Waals surface area contributed by atoms with E-state index in [-0.39, 0.29) is 18.4 Å². The smallest absolute Gasteiger partial charge is 0.238 e. The summed E-state index contributed by atoms with van der Waals surface area (Å²) < 4.78 is 5.73. The van der Waals surface area contributed by atoms with Crippen LogP contribution in [0.4, 0.5) is 5.69 Å². The maximum Gasteiger partial charge on any atom is 0.238 e. The molecular weight excluding hydrogens is 418 g/mol. The second kappa shape index (κ2) is 10.2. The van der Waals surface area contributed by atoms with Crippen molar-refractivity contribution < 1.29 is 14.3 Å². The summed E-state index contributed by atoms with van der Waals surface area (Å²) >= 11 is 0. The highest BCUT2D eigenvalue weighted by Gasteiger charge is 2.44. The van der Waals surface area contributed by atoms with Crippen LogP contribution in [0.3, 0.4) is 0 Å². The normalized spacial score (nSPS) is 18.3. The van der Waals surface area contributed by atoms with Gasteiger partial charge in [-0.1, -0.05) is 6.07 Å². The molecule has 33 heavy (non-hydrogen) atoms. The lowest BCUT2D eigenvalue weighted by Gasteiger charge is -2.40. The number of piperidine rings is 1. The fourth-order valence-electron chi connectivity index (χ4n) is 4.23. The summed E-state index contributed by atoms with van der Waals surface area (Å²) in [5, 5.41) is 5.71. The predicted molar refractivity (Wildman–Crippen MR) is 125 cm³/mol. The van der Waals surface area contributed by atoms with E-state index in [1.807, 2.05) is 29.2 Å². The molecule has 2 aromatic heterocycles. The minimum absolute atomic E-state index is 0.0736. The number of anilines is 1. The minimum atomic E-state index is -0.764. The van der Waals surface area contributed by atoms with E-state index in [2.05, 4.69) is 20.6 Å². The number of carbonyl (C=O) groups is 2. The first-order valence-electron chi connectivity index (χ1n) is 10.9. The molecule has 3 aromatic rings. The number of carbonyl (C=O) groups excluding carboxylic acids is 2. The van der Waals surface area contributed by atoms with E-state index in [1.165, 1.54) is 0 Å². The molecule has 2 N–H and O–H groups in total. The molecule has 0 unspecified atom stereocenters. The monoisotopic (exact) mass is 445 g/mol. The number of nitrogens with zero attached hydrogens (tertiary/aromatic N) is 3. The average molecular weight is 446 g/mol. The zero-order valence-electron chi connectivity index (χ0n) is 18.5. The van der Waals surface area contributed by atoms with Crippen LogP contribution in [0.25, 0.3) is 0 Å². The Kier molecular flexibility index (Phi) is 6.95. The summed E-state index contributed by atoms with van der Waals surface area (Å²) in [6.45, 7) is 1.38. The molecule has 0 saturated carbocycles. The van der Waals surface area contributed by atoms with Gasteiger partial charge >= 0.3 is 0 Å². The van der Waals surface area contributed by atoms with Gasteiger partial charge in [0.2, 0.25) is 11.8 Å². The number of likely N-dealkylation sites (N-methyl/N-ethyl adjacent to an activating group) is 1. The van der Waals surface area contributed by atoms with Crippen molar-refractivity contribution in [3.8, 4) is 11.5 Å². The average Bonchev–Trinajstić information content (AvgIpc) is 2.86. The Labute approximate surface area is 193 Å². The summed E-state index contributed by atoms with van der Waals surface area (Å²) in [4.78, 5) is 36.1. The summed E-state index contributed by atoms with van der Waals surface area (Å²) in [6.07, 6.45) is 6.52. The van der Waals surface area contributed by atoms with Gasteiger partial charge in [-0.25, -0.2) is 0 Å². The third kappa shape index (κ3) is 5.35. The molecule has 1 fully saturated rings. The van der Waals surface area contributed by atoms with E-state index in [9.17, 15) is 9.59 Å². The minimum Gasteiger partial charge on any atom is -0.456 e. The molecule has 3 heterocycles. The maximum absolute atomic E-state index is 12.9. The van der Waals surface area contributed by atoms with E-state index >= 15 is 0 Å². The SMILES string of the molecule is CNC(=O)[C@]1(c2ccccn2)CCCN(CC(=O)Nc2ccc(Oc3cccnc3)cc2)C1. The molecule has 0 aliphatic carbocycles. The molecule has 1 aliphatic heterocycles. The number of ether oxygens (including phenoxy) is 1. The van der Waals surface area contributed by atoms with Crippen LogP contribution in [0.2, 0.25) is 0 Å². The zero-order valence-corrected chi connectivity index (χ0v) is 18.5. The molecule has 1 aromatic carbocycles. The van der Waals surface area contributed by atoms with Gasteiger partial charge < -0.3 is 15.4 Å². The lowest BCUT2D eigenvalue weighted by Crippen LogP contribution is -2.55. The van der Waals surface area contributed by atoms with E-state index in [0.717, 1.165) is 18.7 Å². The van der Waals surface area contributed by atoms with E-state index in [1.54, 1.807) is 56.0 Å². The molecule has 1 atom stereocenters. The van der Waals surface area contributed by atoms with Crippen LogP contribution in [0, 0.1) is 0 Å². The maximum atomic E-state index is 12.9. The Hall–Kier alpha value is -3.78. The summed E-state index contributed by atoms with van der Waals surface area (Å²) in [6, 6.07) is 16.4. The molecule has 1 saturated heterocycles. The molecule has 0 radical (unpaired) electrons. The standard InChI is InChI=1S/C25H27N5O3/c1-26-24(32)25(22-7-2-3-14-28-22)12-5-15-30(18-25)17-23(31)29-19-8-10-20(11-9-19)33-21-6-4-13-27-16-21/h2-4,6-11,13-14,16H,5,12,15,17-18H2,1H3,(H,26,32)(H,29,31)/t25-/m1/s1. The van der Waals surface area contributed by atoms with Crippen molar-refractivity contribution in [2.45, 2.75) is 18.3 Å². The predicted octanol–water partition coefficient (Wildman–Crippen LogP) is 2.99. The largest absolute Gasteiger partial charge is 0.456 e. The van der Waals surface area contributed by atoms with Crippen LogP contribution in [0.5, 0.6) is 11.5 Å². The Morgan fingerprint density at radius 1 is 1.06 bits per heavy atom. The van der Waals surface area contributed by atoms with Crippen molar-refractivity contribution >= 4 is 17.5 Å². The molecule has 0 spiro atoms. The first-order valence-corrected chi connectivity index (χ1v) is 10.9. The Morgan fingerprint density at radius 3 is 2.61 bits per heavy atom.